The van der Waals surface area contributed by atoms with Gasteiger partial charge in [0.05, 0.1) is 17.7 Å². The van der Waals surface area contributed by atoms with E-state index in [-0.39, 0.29) is 10.6 Å². The molecule has 0 aliphatic heterocycles. The number of ether oxygens (including phenoxy) is 2. The van der Waals surface area contributed by atoms with Crippen LogP contribution in [0.1, 0.15) is 10.4 Å². The molecule has 1 atom stereocenters. The molecule has 8 nitrogen and oxygen atoms in total. The van der Waals surface area contributed by atoms with Crippen LogP contribution in [-0.2, 0) is 14.8 Å². The number of methoxy groups -OCH3 is 1. The van der Waals surface area contributed by atoms with Crippen LogP contribution >= 0.6 is 11.6 Å². The van der Waals surface area contributed by atoms with Crippen LogP contribution in [0.5, 0.6) is 5.75 Å². The van der Waals surface area contributed by atoms with Gasteiger partial charge in [-0.15, -0.1) is 0 Å². The number of para-hydroxylation sites is 1. The fourth-order valence-corrected chi connectivity index (χ4v) is 3.90. The quantitative estimate of drug-likeness (QED) is 0.334. The number of benzene rings is 2. The van der Waals surface area contributed by atoms with Gasteiger partial charge in [0.1, 0.15) is 11.5 Å². The average molecular weight is 486 g/mol. The number of carbonyl (C=O) groups excluding carboxylic acids is 1. The first-order valence-electron chi connectivity index (χ1n) is 8.17. The van der Waals surface area contributed by atoms with Crippen LogP contribution < -0.4 is 14.9 Å². The van der Waals surface area contributed by atoms with Crippen LogP contribution in [0.2, 0.25) is 5.02 Å². The first-order chi connectivity index (χ1) is 14.4. The summed E-state index contributed by atoms with van der Waals surface area (Å²) in [6.07, 6.45) is -5.14. The van der Waals surface area contributed by atoms with Crippen LogP contribution in [0, 0.1) is 11.0 Å². The van der Waals surface area contributed by atoms with Crippen molar-refractivity contribution in [3.8, 4) is 5.75 Å². The SMILES string of the molecule is COC(=O)c1cc(F)c(OCC(NS(=O)(=O)c2ccccc2N[O-])C(F)(F)F)cc1Cl. The number of halogens is 5. The van der Waals surface area contributed by atoms with Crippen molar-refractivity contribution in [2.45, 2.75) is 17.1 Å². The molecule has 0 fully saturated rings. The third kappa shape index (κ3) is 5.97. The van der Waals surface area contributed by atoms with Crippen molar-refractivity contribution < 1.29 is 40.2 Å². The van der Waals surface area contributed by atoms with Crippen molar-refractivity contribution in [3.63, 3.8) is 0 Å². The number of carbonyl (C=O) groups is 1. The molecule has 31 heavy (non-hydrogen) atoms. The minimum absolute atomic E-state index is 0.358. The van der Waals surface area contributed by atoms with Crippen molar-refractivity contribution in [1.29, 1.82) is 0 Å². The summed E-state index contributed by atoms with van der Waals surface area (Å²) in [6.45, 7) is -1.37. The molecule has 170 valence electrons. The minimum atomic E-state index is -5.14. The van der Waals surface area contributed by atoms with Gasteiger partial charge in [0.2, 0.25) is 10.0 Å². The van der Waals surface area contributed by atoms with Gasteiger partial charge in [-0.25, -0.2) is 17.6 Å². The molecule has 0 heterocycles. The van der Waals surface area contributed by atoms with Crippen LogP contribution in [0.25, 0.3) is 0 Å². The maximum absolute atomic E-state index is 14.1. The van der Waals surface area contributed by atoms with E-state index in [1.807, 2.05) is 0 Å². The van der Waals surface area contributed by atoms with E-state index in [4.69, 9.17) is 16.3 Å². The monoisotopic (exact) mass is 485 g/mol. The van der Waals surface area contributed by atoms with Crippen LogP contribution in [0.4, 0.5) is 23.2 Å². The normalized spacial score (nSPS) is 12.9. The summed E-state index contributed by atoms with van der Waals surface area (Å²) in [5, 5.41) is 10.5. The zero-order valence-corrected chi connectivity index (χ0v) is 17.1. The molecule has 14 heteroatoms. The maximum atomic E-state index is 14.1. The van der Waals surface area contributed by atoms with Gasteiger partial charge >= 0.3 is 12.1 Å². The number of hydrogen-bond donors (Lipinski definition) is 2. The largest absolute Gasteiger partial charge is 0.761 e. The Balaban J connectivity index is 2.28. The summed E-state index contributed by atoms with van der Waals surface area (Å²) in [7, 11) is -3.81. The second kappa shape index (κ2) is 9.68. The van der Waals surface area contributed by atoms with E-state index in [1.165, 1.54) is 22.3 Å². The topological polar surface area (TPSA) is 117 Å². The second-order valence-electron chi connectivity index (χ2n) is 5.88. The third-order valence-electron chi connectivity index (χ3n) is 3.81. The average Bonchev–Trinajstić information content (AvgIpc) is 2.71. The van der Waals surface area contributed by atoms with E-state index >= 15 is 0 Å². The molecule has 0 aliphatic rings. The summed E-state index contributed by atoms with van der Waals surface area (Å²) in [4.78, 5) is 10.7. The highest BCUT2D eigenvalue weighted by Gasteiger charge is 2.43. The van der Waals surface area contributed by atoms with Gasteiger partial charge in [0, 0.05) is 11.8 Å². The van der Waals surface area contributed by atoms with Crippen molar-refractivity contribution in [1.82, 2.24) is 4.72 Å². The van der Waals surface area contributed by atoms with Gasteiger partial charge in [-0.3, -0.25) is 0 Å². The zero-order chi connectivity index (χ0) is 23.4. The molecule has 1 unspecified atom stereocenters. The van der Waals surface area contributed by atoms with Crippen LogP contribution in [-0.4, -0.2) is 40.3 Å². The molecule has 0 radical (unpaired) electrons. The summed E-state index contributed by atoms with van der Waals surface area (Å²) < 4.78 is 89.5. The molecule has 0 aromatic heterocycles. The fourth-order valence-electron chi connectivity index (χ4n) is 2.31. The fraction of sp³-hybridized carbons (Fsp3) is 0.235. The lowest BCUT2D eigenvalue weighted by Crippen LogP contribution is -2.49. The van der Waals surface area contributed by atoms with Gasteiger partial charge in [0.15, 0.2) is 17.6 Å². The van der Waals surface area contributed by atoms with Gasteiger partial charge < -0.3 is 20.2 Å². The first-order valence-corrected chi connectivity index (χ1v) is 10.0. The zero-order valence-electron chi connectivity index (χ0n) is 15.5. The van der Waals surface area contributed by atoms with Gasteiger partial charge in [-0.05, 0) is 18.2 Å². The molecule has 2 rings (SSSR count). The summed E-state index contributed by atoms with van der Waals surface area (Å²) in [5.41, 5.74) is 0.457. The molecule has 2 aromatic carbocycles. The number of anilines is 1. The first kappa shape index (κ1) is 24.7. The maximum Gasteiger partial charge on any atom is 0.408 e. The summed E-state index contributed by atoms with van der Waals surface area (Å²) in [5.74, 6) is -2.97. The van der Waals surface area contributed by atoms with Crippen molar-refractivity contribution in [2.24, 2.45) is 0 Å². The van der Waals surface area contributed by atoms with E-state index in [0.717, 1.165) is 25.3 Å². The predicted molar refractivity (Wildman–Crippen MR) is 102 cm³/mol. The van der Waals surface area contributed by atoms with Crippen molar-refractivity contribution in [2.75, 3.05) is 19.2 Å². The number of rotatable bonds is 8. The van der Waals surface area contributed by atoms with Gasteiger partial charge in [-0.1, -0.05) is 23.7 Å². The standard InChI is InChI=1S/C17H14ClF4N2O6S/c1-29-16(25)9-6-11(19)13(7-10(9)18)30-8-15(17(20,21)22)24-31(27,28)14-5-3-2-4-12(14)23-26/h2-7,15,23-24H,8H2,1H3/q-1. The molecule has 0 saturated heterocycles. The molecule has 0 saturated carbocycles. The van der Waals surface area contributed by atoms with E-state index in [2.05, 4.69) is 4.74 Å². The number of nitrogens with one attached hydrogen (secondary N) is 2. The molecule has 0 spiro atoms. The van der Waals surface area contributed by atoms with E-state index in [9.17, 15) is 36.0 Å². The summed E-state index contributed by atoms with van der Waals surface area (Å²) >= 11 is 5.78. The van der Waals surface area contributed by atoms with Gasteiger partial charge in [0.25, 0.3) is 0 Å². The number of hydrogen-bond acceptors (Lipinski definition) is 7. The van der Waals surface area contributed by atoms with Crippen LogP contribution in [0.15, 0.2) is 41.3 Å². The Hall–Kier alpha value is -2.61. The van der Waals surface area contributed by atoms with Crippen molar-refractivity contribution in [3.05, 3.63) is 58.0 Å². The van der Waals surface area contributed by atoms with E-state index < -0.39 is 57.0 Å². The molecule has 0 bridgehead atoms. The highest BCUT2D eigenvalue weighted by molar-refractivity contribution is 7.89. The molecular weight excluding hydrogens is 472 g/mol. The Labute approximate surface area is 178 Å². The summed E-state index contributed by atoms with van der Waals surface area (Å²) in [6, 6.07) is 3.02. The molecule has 2 N–H and O–H groups in total. The molecule has 2 aromatic rings. The molecular formula is C17H14ClF4N2O6S-. The minimum Gasteiger partial charge on any atom is -0.761 e. The van der Waals surface area contributed by atoms with Crippen molar-refractivity contribution >= 4 is 33.3 Å². The highest BCUT2D eigenvalue weighted by atomic mass is 35.5. The third-order valence-corrected chi connectivity index (χ3v) is 5.65. The Kier molecular flexibility index (Phi) is 7.70. The lowest BCUT2D eigenvalue weighted by Gasteiger charge is -2.23. The number of esters is 1. The lowest BCUT2D eigenvalue weighted by atomic mass is 10.2. The Morgan fingerprint density at radius 3 is 2.48 bits per heavy atom. The van der Waals surface area contributed by atoms with E-state index in [1.54, 1.807) is 0 Å². The molecule has 0 aliphatic carbocycles. The number of sulfonamides is 1. The second-order valence-corrected chi connectivity index (χ2v) is 7.97. The van der Waals surface area contributed by atoms with E-state index in [0.29, 0.717) is 6.07 Å². The smallest absolute Gasteiger partial charge is 0.408 e. The van der Waals surface area contributed by atoms with Crippen LogP contribution in [0.3, 0.4) is 0 Å². The number of alkyl halides is 3. The highest BCUT2D eigenvalue weighted by Crippen LogP contribution is 2.29. The Morgan fingerprint density at radius 2 is 1.90 bits per heavy atom. The Bertz CT molecular complexity index is 1070. The Morgan fingerprint density at radius 1 is 1.26 bits per heavy atom. The predicted octanol–water partition coefficient (Wildman–Crippen LogP) is 3.46. The van der Waals surface area contributed by atoms with Gasteiger partial charge in [-0.2, -0.15) is 17.9 Å². The molecule has 0 amide bonds. The lowest BCUT2D eigenvalue weighted by molar-refractivity contribution is -0.157.